The number of anilines is 1. The topological polar surface area (TPSA) is 69.9 Å². The number of carbonyl (C=O) groups is 2. The van der Waals surface area contributed by atoms with Crippen LogP contribution in [0.25, 0.3) is 0 Å². The molecule has 1 unspecified atom stereocenters. The van der Waals surface area contributed by atoms with E-state index in [1.165, 1.54) is 11.0 Å². The van der Waals surface area contributed by atoms with E-state index in [0.29, 0.717) is 51.4 Å². The Hall–Kier alpha value is -2.16. The molecule has 1 atom stereocenters. The van der Waals surface area contributed by atoms with Crippen LogP contribution in [0.3, 0.4) is 0 Å². The van der Waals surface area contributed by atoms with E-state index in [1.54, 1.807) is 11.0 Å². The van der Waals surface area contributed by atoms with E-state index in [4.69, 9.17) is 17.3 Å². The number of hydrogen-bond acceptors (Lipinski definition) is 3. The summed E-state index contributed by atoms with van der Waals surface area (Å²) in [5.41, 5.74) is 4.88. The maximum atomic E-state index is 13.1. The summed E-state index contributed by atoms with van der Waals surface area (Å²) in [5, 5.41) is -0.332. The van der Waals surface area contributed by atoms with Crippen LogP contribution < -0.4 is 10.6 Å². The molecule has 3 rings (SSSR count). The third-order valence-electron chi connectivity index (χ3n) is 5.29. The molecular weight excluding hydrogens is 397 g/mol. The Kier molecular flexibility index (Phi) is 5.92. The highest BCUT2D eigenvalue weighted by Crippen LogP contribution is 2.37. The highest BCUT2D eigenvalue weighted by molar-refractivity contribution is 6.31. The van der Waals surface area contributed by atoms with E-state index in [9.17, 15) is 22.8 Å². The van der Waals surface area contributed by atoms with Crippen LogP contribution in [0.1, 0.15) is 18.4 Å². The van der Waals surface area contributed by atoms with Crippen LogP contribution in [0.4, 0.5) is 23.7 Å². The van der Waals surface area contributed by atoms with Crippen molar-refractivity contribution in [1.82, 2.24) is 9.80 Å². The van der Waals surface area contributed by atoms with E-state index in [2.05, 4.69) is 0 Å². The van der Waals surface area contributed by atoms with E-state index in [-0.39, 0.29) is 16.8 Å². The number of piperazine rings is 1. The minimum Gasteiger partial charge on any atom is -0.368 e. The Balaban J connectivity index is 1.62. The number of benzene rings is 1. The third-order valence-corrected chi connectivity index (χ3v) is 5.62. The van der Waals surface area contributed by atoms with Crippen LogP contribution in [0, 0.1) is 5.92 Å². The Labute approximate surface area is 166 Å². The number of alkyl halides is 3. The first-order valence-electron chi connectivity index (χ1n) is 9.11. The number of rotatable bonds is 2. The summed E-state index contributed by atoms with van der Waals surface area (Å²) in [5.74, 6) is -0.308. The van der Waals surface area contributed by atoms with E-state index >= 15 is 0 Å². The summed E-state index contributed by atoms with van der Waals surface area (Å²) in [7, 11) is 0. The van der Waals surface area contributed by atoms with Gasteiger partial charge in [0.05, 0.1) is 16.5 Å². The first kappa shape index (κ1) is 20.6. The Bertz CT molecular complexity index is 751. The quantitative estimate of drug-likeness (QED) is 0.803. The molecule has 10 heteroatoms. The predicted octanol–water partition coefficient (Wildman–Crippen LogP) is 2.80. The molecular formula is C18H22ClF3N4O2. The van der Waals surface area contributed by atoms with E-state index in [0.717, 1.165) is 12.5 Å². The van der Waals surface area contributed by atoms with Crippen molar-refractivity contribution in [2.24, 2.45) is 11.7 Å². The molecule has 0 radical (unpaired) electrons. The Morgan fingerprint density at radius 2 is 1.75 bits per heavy atom. The average molecular weight is 419 g/mol. The van der Waals surface area contributed by atoms with Gasteiger partial charge in [0, 0.05) is 45.0 Å². The number of piperidine rings is 1. The van der Waals surface area contributed by atoms with Crippen molar-refractivity contribution in [2.45, 2.75) is 19.0 Å². The maximum Gasteiger partial charge on any atom is 0.417 e. The molecule has 2 heterocycles. The van der Waals surface area contributed by atoms with Crippen molar-refractivity contribution in [3.05, 3.63) is 28.8 Å². The minimum absolute atomic E-state index is 0.0299. The zero-order valence-corrected chi connectivity index (χ0v) is 16.0. The Morgan fingerprint density at radius 3 is 2.36 bits per heavy atom. The van der Waals surface area contributed by atoms with Crippen LogP contribution in [0.15, 0.2) is 18.2 Å². The van der Waals surface area contributed by atoms with Gasteiger partial charge >= 0.3 is 12.2 Å². The van der Waals surface area contributed by atoms with Gasteiger partial charge in [-0.15, -0.1) is 0 Å². The van der Waals surface area contributed by atoms with E-state index in [1.807, 2.05) is 4.90 Å². The van der Waals surface area contributed by atoms with Gasteiger partial charge < -0.3 is 20.4 Å². The summed E-state index contributed by atoms with van der Waals surface area (Å²) in [4.78, 5) is 29.1. The van der Waals surface area contributed by atoms with Gasteiger partial charge in [0.2, 0.25) is 5.91 Å². The lowest BCUT2D eigenvalue weighted by Crippen LogP contribution is -2.53. The largest absolute Gasteiger partial charge is 0.417 e. The second-order valence-corrected chi connectivity index (χ2v) is 7.50. The fourth-order valence-corrected chi connectivity index (χ4v) is 3.97. The van der Waals surface area contributed by atoms with E-state index < -0.39 is 17.8 Å². The molecule has 0 aromatic heterocycles. The van der Waals surface area contributed by atoms with Crippen molar-refractivity contribution in [2.75, 3.05) is 44.2 Å². The first-order chi connectivity index (χ1) is 13.2. The molecule has 2 aliphatic heterocycles. The van der Waals surface area contributed by atoms with Crippen LogP contribution in [-0.4, -0.2) is 61.0 Å². The number of amides is 3. The molecule has 6 nitrogen and oxygen atoms in total. The van der Waals surface area contributed by atoms with Crippen molar-refractivity contribution in [1.29, 1.82) is 0 Å². The van der Waals surface area contributed by atoms with Crippen molar-refractivity contribution < 1.29 is 22.8 Å². The molecule has 2 fully saturated rings. The van der Waals surface area contributed by atoms with Crippen molar-refractivity contribution >= 4 is 29.2 Å². The molecule has 28 heavy (non-hydrogen) atoms. The molecule has 0 spiro atoms. The smallest absolute Gasteiger partial charge is 0.368 e. The van der Waals surface area contributed by atoms with Gasteiger partial charge in [-0.2, -0.15) is 13.2 Å². The molecule has 2 aliphatic rings. The van der Waals surface area contributed by atoms with Crippen LogP contribution in [0.5, 0.6) is 0 Å². The number of urea groups is 1. The second-order valence-electron chi connectivity index (χ2n) is 7.10. The van der Waals surface area contributed by atoms with Crippen LogP contribution in [-0.2, 0) is 11.0 Å². The number of hydrogen-bond donors (Lipinski definition) is 1. The van der Waals surface area contributed by atoms with Gasteiger partial charge in [-0.3, -0.25) is 4.79 Å². The maximum absolute atomic E-state index is 13.1. The molecule has 0 aliphatic carbocycles. The minimum atomic E-state index is -4.52. The summed E-state index contributed by atoms with van der Waals surface area (Å²) in [6.45, 7) is 2.56. The molecule has 154 valence electrons. The molecule has 2 N–H and O–H groups in total. The van der Waals surface area contributed by atoms with Crippen molar-refractivity contribution in [3.63, 3.8) is 0 Å². The highest BCUT2D eigenvalue weighted by Gasteiger charge is 2.35. The van der Waals surface area contributed by atoms with Gasteiger partial charge in [0.15, 0.2) is 0 Å². The number of nitrogens with zero attached hydrogens (tertiary/aromatic N) is 3. The lowest BCUT2D eigenvalue weighted by atomic mass is 9.96. The molecule has 2 saturated heterocycles. The normalized spacial score (nSPS) is 21.0. The van der Waals surface area contributed by atoms with Gasteiger partial charge in [-0.1, -0.05) is 11.6 Å². The summed E-state index contributed by atoms with van der Waals surface area (Å²) < 4.78 is 39.2. The van der Waals surface area contributed by atoms with Gasteiger partial charge in [-0.05, 0) is 31.0 Å². The highest BCUT2D eigenvalue weighted by atomic mass is 35.5. The lowest BCUT2D eigenvalue weighted by molar-refractivity contribution is -0.138. The lowest BCUT2D eigenvalue weighted by Gasteiger charge is -2.39. The number of halogens is 4. The Morgan fingerprint density at radius 1 is 1.07 bits per heavy atom. The van der Waals surface area contributed by atoms with Crippen molar-refractivity contribution in [3.8, 4) is 0 Å². The predicted molar refractivity (Wildman–Crippen MR) is 99.1 cm³/mol. The fraction of sp³-hybridized carbons (Fsp3) is 0.556. The van der Waals surface area contributed by atoms with Gasteiger partial charge in [0.1, 0.15) is 0 Å². The molecule has 1 aromatic rings. The molecule has 0 bridgehead atoms. The molecule has 0 saturated carbocycles. The third kappa shape index (κ3) is 4.45. The first-order valence-corrected chi connectivity index (χ1v) is 9.49. The molecule has 3 amide bonds. The zero-order chi connectivity index (χ0) is 20.5. The summed E-state index contributed by atoms with van der Waals surface area (Å²) in [6.07, 6.45) is -3.09. The molecule has 1 aromatic carbocycles. The van der Waals surface area contributed by atoms with Crippen LogP contribution in [0.2, 0.25) is 5.02 Å². The SMILES string of the molecule is NC(=O)N1CCCC(C(=O)N2CCN(c3ccc(Cl)c(C(F)(F)F)c3)CC2)C1. The number of carbonyl (C=O) groups excluding carboxylic acids is 2. The second kappa shape index (κ2) is 8.06. The van der Waals surface area contributed by atoms with Crippen LogP contribution >= 0.6 is 11.6 Å². The number of nitrogens with two attached hydrogens (primary N) is 1. The summed E-state index contributed by atoms with van der Waals surface area (Å²) in [6, 6.07) is 3.33. The number of primary amides is 1. The average Bonchev–Trinajstić information content (AvgIpc) is 2.67. The van der Waals surface area contributed by atoms with Gasteiger partial charge in [0.25, 0.3) is 0 Å². The number of likely N-dealkylation sites (tertiary alicyclic amines) is 1. The standard InChI is InChI=1S/C18H22ClF3N4O2/c19-15-4-3-13(10-14(15)18(20,21)22)24-6-8-25(9-7-24)16(27)12-2-1-5-26(11-12)17(23)28/h3-4,10,12H,1-2,5-9,11H2,(H2,23,28). The monoisotopic (exact) mass is 418 g/mol. The summed E-state index contributed by atoms with van der Waals surface area (Å²) >= 11 is 5.68. The van der Waals surface area contributed by atoms with Gasteiger partial charge in [-0.25, -0.2) is 4.79 Å². The zero-order valence-electron chi connectivity index (χ0n) is 15.2. The fourth-order valence-electron chi connectivity index (χ4n) is 3.75.